The van der Waals surface area contributed by atoms with E-state index in [4.69, 9.17) is 4.74 Å². The van der Waals surface area contributed by atoms with E-state index in [1.807, 2.05) is 0 Å². The van der Waals surface area contributed by atoms with Crippen molar-refractivity contribution in [3.63, 3.8) is 0 Å². The average molecular weight is 298 g/mol. The molecule has 1 aromatic rings. The SMILES string of the molecule is CS(=O)(=O)c1ccc(NC(=O)NCC2CCCO2)cc1. The van der Waals surface area contributed by atoms with Crippen LogP contribution in [0.5, 0.6) is 0 Å². The summed E-state index contributed by atoms with van der Waals surface area (Å²) in [7, 11) is -3.21. The highest BCUT2D eigenvalue weighted by Gasteiger charge is 2.16. The van der Waals surface area contributed by atoms with Crippen molar-refractivity contribution >= 4 is 21.6 Å². The maximum atomic E-state index is 11.7. The molecule has 7 heteroatoms. The van der Waals surface area contributed by atoms with Gasteiger partial charge in [0.15, 0.2) is 9.84 Å². The summed E-state index contributed by atoms with van der Waals surface area (Å²) in [6.07, 6.45) is 3.22. The Hall–Kier alpha value is -1.60. The largest absolute Gasteiger partial charge is 0.376 e. The highest BCUT2D eigenvalue weighted by Crippen LogP contribution is 2.14. The third-order valence-corrected chi connectivity index (χ3v) is 4.18. The van der Waals surface area contributed by atoms with Gasteiger partial charge in [0.05, 0.1) is 11.0 Å². The number of sulfone groups is 1. The van der Waals surface area contributed by atoms with Crippen LogP contribution in [0.25, 0.3) is 0 Å². The molecule has 1 aliphatic heterocycles. The number of anilines is 1. The van der Waals surface area contributed by atoms with Gasteiger partial charge in [0.1, 0.15) is 0 Å². The topological polar surface area (TPSA) is 84.5 Å². The van der Waals surface area contributed by atoms with Gasteiger partial charge in [-0.3, -0.25) is 0 Å². The monoisotopic (exact) mass is 298 g/mol. The first-order chi connectivity index (χ1) is 9.45. The van der Waals surface area contributed by atoms with Crippen molar-refractivity contribution in [3.8, 4) is 0 Å². The smallest absolute Gasteiger partial charge is 0.319 e. The first-order valence-electron chi connectivity index (χ1n) is 6.42. The standard InChI is InChI=1S/C13H18N2O4S/c1-20(17,18)12-6-4-10(5-7-12)15-13(16)14-9-11-3-2-8-19-11/h4-7,11H,2-3,8-9H2,1H3,(H2,14,15,16). The Bertz CT molecular complexity index is 563. The third-order valence-electron chi connectivity index (χ3n) is 3.05. The molecular formula is C13H18N2O4S. The average Bonchev–Trinajstić information content (AvgIpc) is 2.89. The summed E-state index contributed by atoms with van der Waals surface area (Å²) in [5.74, 6) is 0. The van der Waals surface area contributed by atoms with Gasteiger partial charge in [0.2, 0.25) is 0 Å². The molecule has 0 bridgehead atoms. The number of nitrogens with one attached hydrogen (secondary N) is 2. The summed E-state index contributed by atoms with van der Waals surface area (Å²) >= 11 is 0. The van der Waals surface area contributed by atoms with E-state index in [0.717, 1.165) is 25.7 Å². The Morgan fingerprint density at radius 2 is 2.05 bits per heavy atom. The van der Waals surface area contributed by atoms with Crippen LogP contribution >= 0.6 is 0 Å². The number of hydrogen-bond acceptors (Lipinski definition) is 4. The van der Waals surface area contributed by atoms with E-state index in [1.54, 1.807) is 12.1 Å². The van der Waals surface area contributed by atoms with Crippen LogP contribution in [0.2, 0.25) is 0 Å². The van der Waals surface area contributed by atoms with Gasteiger partial charge in [-0.05, 0) is 37.1 Å². The van der Waals surface area contributed by atoms with E-state index >= 15 is 0 Å². The predicted molar refractivity (Wildman–Crippen MR) is 75.5 cm³/mol. The minimum absolute atomic E-state index is 0.0911. The molecule has 0 aliphatic carbocycles. The molecule has 2 rings (SSSR count). The van der Waals surface area contributed by atoms with Gasteiger partial charge in [-0.2, -0.15) is 0 Å². The van der Waals surface area contributed by atoms with Gasteiger partial charge in [-0.15, -0.1) is 0 Å². The fourth-order valence-corrected chi connectivity index (χ4v) is 2.60. The molecule has 0 spiro atoms. The Kier molecular flexibility index (Phi) is 4.61. The number of benzene rings is 1. The number of amides is 2. The van der Waals surface area contributed by atoms with Gasteiger partial charge in [0.25, 0.3) is 0 Å². The van der Waals surface area contributed by atoms with Crippen LogP contribution in [0, 0.1) is 0 Å². The van der Waals surface area contributed by atoms with E-state index in [9.17, 15) is 13.2 Å². The van der Waals surface area contributed by atoms with Crippen molar-refractivity contribution in [1.82, 2.24) is 5.32 Å². The van der Waals surface area contributed by atoms with E-state index in [2.05, 4.69) is 10.6 Å². The van der Waals surface area contributed by atoms with E-state index in [-0.39, 0.29) is 17.0 Å². The van der Waals surface area contributed by atoms with Gasteiger partial charge in [0, 0.05) is 25.1 Å². The highest BCUT2D eigenvalue weighted by atomic mass is 32.2. The number of hydrogen-bond donors (Lipinski definition) is 2. The summed E-state index contributed by atoms with van der Waals surface area (Å²) in [5.41, 5.74) is 0.544. The lowest BCUT2D eigenvalue weighted by atomic mass is 10.2. The molecule has 2 amide bonds. The molecule has 110 valence electrons. The predicted octanol–water partition coefficient (Wildman–Crippen LogP) is 1.39. The minimum Gasteiger partial charge on any atom is -0.376 e. The molecule has 0 saturated carbocycles. The normalized spacial score (nSPS) is 18.8. The van der Waals surface area contributed by atoms with E-state index in [1.165, 1.54) is 12.1 Å². The van der Waals surface area contributed by atoms with Crippen molar-refractivity contribution < 1.29 is 17.9 Å². The van der Waals surface area contributed by atoms with Crippen LogP contribution in [0.1, 0.15) is 12.8 Å². The lowest BCUT2D eigenvalue weighted by Crippen LogP contribution is -2.35. The Morgan fingerprint density at radius 1 is 1.35 bits per heavy atom. The van der Waals surface area contributed by atoms with Crippen LogP contribution in [0.4, 0.5) is 10.5 Å². The lowest BCUT2D eigenvalue weighted by molar-refractivity contribution is 0.112. The van der Waals surface area contributed by atoms with Crippen molar-refractivity contribution in [3.05, 3.63) is 24.3 Å². The molecule has 0 aromatic heterocycles. The van der Waals surface area contributed by atoms with Crippen LogP contribution in [-0.2, 0) is 14.6 Å². The zero-order valence-corrected chi connectivity index (χ0v) is 12.1. The number of ether oxygens (including phenoxy) is 1. The lowest BCUT2D eigenvalue weighted by Gasteiger charge is -2.11. The Morgan fingerprint density at radius 3 is 2.60 bits per heavy atom. The van der Waals surface area contributed by atoms with E-state index < -0.39 is 9.84 Å². The first kappa shape index (κ1) is 14.8. The van der Waals surface area contributed by atoms with Crippen molar-refractivity contribution in [2.75, 3.05) is 24.7 Å². The highest BCUT2D eigenvalue weighted by molar-refractivity contribution is 7.90. The molecule has 1 unspecified atom stereocenters. The van der Waals surface area contributed by atoms with Crippen molar-refractivity contribution in [1.29, 1.82) is 0 Å². The minimum atomic E-state index is -3.21. The second-order valence-electron chi connectivity index (χ2n) is 4.77. The Labute approximate surface area is 118 Å². The molecule has 1 fully saturated rings. The molecule has 1 aliphatic rings. The molecule has 0 radical (unpaired) electrons. The summed E-state index contributed by atoms with van der Waals surface area (Å²) in [4.78, 5) is 11.9. The quantitative estimate of drug-likeness (QED) is 0.879. The fraction of sp³-hybridized carbons (Fsp3) is 0.462. The van der Waals surface area contributed by atoms with Gasteiger partial charge >= 0.3 is 6.03 Å². The molecule has 1 saturated heterocycles. The summed E-state index contributed by atoms with van der Waals surface area (Å²) < 4.78 is 28.0. The van der Waals surface area contributed by atoms with Gasteiger partial charge in [-0.25, -0.2) is 13.2 Å². The molecule has 1 aromatic carbocycles. The summed E-state index contributed by atoms with van der Waals surface area (Å²) in [6, 6.07) is 5.72. The van der Waals surface area contributed by atoms with Crippen molar-refractivity contribution in [2.45, 2.75) is 23.8 Å². The first-order valence-corrected chi connectivity index (χ1v) is 8.31. The van der Waals surface area contributed by atoms with Crippen LogP contribution in [0.3, 0.4) is 0 Å². The molecule has 1 heterocycles. The number of carbonyl (C=O) groups is 1. The zero-order valence-electron chi connectivity index (χ0n) is 11.3. The number of carbonyl (C=O) groups excluding carboxylic acids is 1. The second-order valence-corrected chi connectivity index (χ2v) is 6.78. The Balaban J connectivity index is 1.84. The summed E-state index contributed by atoms with van der Waals surface area (Å²) in [5, 5.41) is 5.37. The van der Waals surface area contributed by atoms with Crippen LogP contribution in [0.15, 0.2) is 29.2 Å². The van der Waals surface area contributed by atoms with E-state index in [0.29, 0.717) is 12.2 Å². The molecular weight excluding hydrogens is 280 g/mol. The molecule has 6 nitrogen and oxygen atoms in total. The van der Waals surface area contributed by atoms with Crippen LogP contribution in [-0.4, -0.2) is 40.0 Å². The maximum absolute atomic E-state index is 11.7. The van der Waals surface area contributed by atoms with Crippen molar-refractivity contribution in [2.24, 2.45) is 0 Å². The number of rotatable bonds is 4. The van der Waals surface area contributed by atoms with Gasteiger partial charge in [-0.1, -0.05) is 0 Å². The maximum Gasteiger partial charge on any atom is 0.319 e. The number of urea groups is 1. The third kappa shape index (κ3) is 4.21. The summed E-state index contributed by atoms with van der Waals surface area (Å²) in [6.45, 7) is 1.23. The zero-order chi connectivity index (χ0) is 14.6. The van der Waals surface area contributed by atoms with Gasteiger partial charge < -0.3 is 15.4 Å². The van der Waals surface area contributed by atoms with Crippen LogP contribution < -0.4 is 10.6 Å². The molecule has 1 atom stereocenters. The molecule has 20 heavy (non-hydrogen) atoms. The second kappa shape index (κ2) is 6.23. The fourth-order valence-electron chi connectivity index (χ4n) is 1.97. The molecule has 2 N–H and O–H groups in total.